The lowest BCUT2D eigenvalue weighted by atomic mass is 10.1. The summed E-state index contributed by atoms with van der Waals surface area (Å²) in [6, 6.07) is 8.09. The Labute approximate surface area is 152 Å². The Balaban J connectivity index is 1.65. The minimum absolute atomic E-state index is 0.544. The third-order valence-electron chi connectivity index (χ3n) is 4.04. The molecule has 0 saturated heterocycles. The second-order valence-corrected chi connectivity index (χ2v) is 7.54. The van der Waals surface area contributed by atoms with Gasteiger partial charge in [0.2, 0.25) is 0 Å². The number of nitrogens with zero attached hydrogens (tertiary/aromatic N) is 6. The maximum absolute atomic E-state index is 9.95. The number of hydrogen-bond donors (Lipinski definition) is 2. The highest BCUT2D eigenvalue weighted by Crippen LogP contribution is 2.17. The highest BCUT2D eigenvalue weighted by molar-refractivity contribution is 5.23. The summed E-state index contributed by atoms with van der Waals surface area (Å²) in [7, 11) is 0. The molecule has 0 fully saturated rings. The second kappa shape index (κ2) is 6.62. The van der Waals surface area contributed by atoms with E-state index in [1.807, 2.05) is 24.3 Å². The van der Waals surface area contributed by atoms with Gasteiger partial charge in [0.1, 0.15) is 22.6 Å². The van der Waals surface area contributed by atoms with Crippen LogP contribution in [-0.2, 0) is 24.3 Å². The molecular formula is C18H24N6O2. The second-order valence-electron chi connectivity index (χ2n) is 7.54. The quantitative estimate of drug-likeness (QED) is 0.693. The van der Waals surface area contributed by atoms with E-state index in [9.17, 15) is 10.2 Å². The highest BCUT2D eigenvalue weighted by atomic mass is 16.3. The maximum atomic E-state index is 9.95. The molecule has 0 unspecified atom stereocenters. The Morgan fingerprint density at radius 1 is 0.731 bits per heavy atom. The van der Waals surface area contributed by atoms with Crippen LogP contribution in [0.1, 0.15) is 50.2 Å². The molecule has 0 atom stereocenters. The van der Waals surface area contributed by atoms with Crippen LogP contribution in [0.15, 0.2) is 36.7 Å². The van der Waals surface area contributed by atoms with Crippen LogP contribution >= 0.6 is 0 Å². The molecule has 2 heterocycles. The molecule has 0 spiro atoms. The molecule has 1 aromatic carbocycles. The fourth-order valence-corrected chi connectivity index (χ4v) is 2.44. The van der Waals surface area contributed by atoms with Gasteiger partial charge in [-0.15, -0.1) is 10.2 Å². The Morgan fingerprint density at radius 2 is 1.08 bits per heavy atom. The van der Waals surface area contributed by atoms with E-state index >= 15 is 0 Å². The minimum Gasteiger partial charge on any atom is -0.384 e. The standard InChI is InChI=1S/C18H24N6O2/c1-17(2,25)15-11-23(21-19-15)9-13-5-7-14(8-6-13)10-24-12-16(20-22-24)18(3,4)26/h5-8,11-12,25-26H,9-10H2,1-4H3. The lowest BCUT2D eigenvalue weighted by Gasteiger charge is -2.12. The summed E-state index contributed by atoms with van der Waals surface area (Å²) in [5, 5.41) is 36.0. The molecule has 8 heteroatoms. The predicted molar refractivity (Wildman–Crippen MR) is 95.2 cm³/mol. The van der Waals surface area contributed by atoms with Crippen molar-refractivity contribution in [2.75, 3.05) is 0 Å². The van der Waals surface area contributed by atoms with Gasteiger partial charge in [0.15, 0.2) is 0 Å². The average molecular weight is 356 g/mol. The van der Waals surface area contributed by atoms with E-state index in [0.29, 0.717) is 24.5 Å². The summed E-state index contributed by atoms with van der Waals surface area (Å²) >= 11 is 0. The average Bonchev–Trinajstić information content (AvgIpc) is 3.17. The van der Waals surface area contributed by atoms with Crippen molar-refractivity contribution in [3.8, 4) is 0 Å². The molecule has 0 amide bonds. The van der Waals surface area contributed by atoms with Crippen LogP contribution in [-0.4, -0.2) is 40.2 Å². The normalized spacial score (nSPS) is 12.5. The summed E-state index contributed by atoms with van der Waals surface area (Å²) in [5.41, 5.74) is 1.25. The number of rotatable bonds is 6. The molecule has 2 aromatic heterocycles. The summed E-state index contributed by atoms with van der Waals surface area (Å²) in [6.07, 6.45) is 3.50. The molecule has 8 nitrogen and oxygen atoms in total. The first kappa shape index (κ1) is 18.2. The van der Waals surface area contributed by atoms with E-state index in [2.05, 4.69) is 20.6 Å². The van der Waals surface area contributed by atoms with Crippen molar-refractivity contribution in [1.29, 1.82) is 0 Å². The SMILES string of the molecule is CC(C)(O)c1cn(Cc2ccc(Cn3cc(C(C)(C)O)nn3)cc2)nn1. The van der Waals surface area contributed by atoms with Gasteiger partial charge < -0.3 is 10.2 Å². The molecule has 0 aliphatic rings. The molecular weight excluding hydrogens is 332 g/mol. The zero-order valence-corrected chi connectivity index (χ0v) is 15.5. The van der Waals surface area contributed by atoms with Crippen molar-refractivity contribution in [2.45, 2.75) is 52.0 Å². The van der Waals surface area contributed by atoms with E-state index in [0.717, 1.165) is 11.1 Å². The van der Waals surface area contributed by atoms with Gasteiger partial charge in [-0.05, 0) is 38.8 Å². The van der Waals surface area contributed by atoms with Gasteiger partial charge in [-0.3, -0.25) is 0 Å². The van der Waals surface area contributed by atoms with Crippen molar-refractivity contribution in [2.24, 2.45) is 0 Å². The van der Waals surface area contributed by atoms with Crippen LogP contribution in [0.3, 0.4) is 0 Å². The topological polar surface area (TPSA) is 102 Å². The van der Waals surface area contributed by atoms with Crippen LogP contribution in [0.25, 0.3) is 0 Å². The van der Waals surface area contributed by atoms with Crippen molar-refractivity contribution < 1.29 is 10.2 Å². The summed E-state index contributed by atoms with van der Waals surface area (Å²) in [5.74, 6) is 0. The van der Waals surface area contributed by atoms with E-state index < -0.39 is 11.2 Å². The first-order chi connectivity index (χ1) is 12.1. The van der Waals surface area contributed by atoms with Gasteiger partial charge in [0, 0.05) is 0 Å². The molecule has 0 aliphatic carbocycles. The van der Waals surface area contributed by atoms with Crippen LogP contribution in [0.4, 0.5) is 0 Å². The van der Waals surface area contributed by atoms with Gasteiger partial charge in [-0.1, -0.05) is 34.7 Å². The Hall–Kier alpha value is -2.58. The monoisotopic (exact) mass is 356 g/mol. The first-order valence-corrected chi connectivity index (χ1v) is 8.45. The summed E-state index contributed by atoms with van der Waals surface area (Å²) < 4.78 is 3.41. The predicted octanol–water partition coefficient (Wildman–Crippen LogP) is 1.42. The van der Waals surface area contributed by atoms with Crippen LogP contribution in [0, 0.1) is 0 Å². The van der Waals surface area contributed by atoms with Gasteiger partial charge >= 0.3 is 0 Å². The number of aromatic nitrogens is 6. The number of benzene rings is 1. The minimum atomic E-state index is -0.998. The fraction of sp³-hybridized carbons (Fsp3) is 0.444. The molecule has 26 heavy (non-hydrogen) atoms. The van der Waals surface area contributed by atoms with E-state index in [1.54, 1.807) is 49.5 Å². The van der Waals surface area contributed by atoms with Crippen molar-refractivity contribution in [3.63, 3.8) is 0 Å². The lowest BCUT2D eigenvalue weighted by molar-refractivity contribution is 0.0732. The summed E-state index contributed by atoms with van der Waals surface area (Å²) in [6.45, 7) is 7.89. The fourth-order valence-electron chi connectivity index (χ4n) is 2.44. The third kappa shape index (κ3) is 4.33. The first-order valence-electron chi connectivity index (χ1n) is 8.45. The molecule has 0 aliphatic heterocycles. The zero-order valence-electron chi connectivity index (χ0n) is 15.5. The lowest BCUT2D eigenvalue weighted by Crippen LogP contribution is -2.15. The molecule has 3 aromatic rings. The zero-order chi connectivity index (χ0) is 18.9. The molecule has 0 saturated carbocycles. The molecule has 3 rings (SSSR count). The van der Waals surface area contributed by atoms with E-state index in [1.165, 1.54) is 0 Å². The Bertz CT molecular complexity index is 795. The van der Waals surface area contributed by atoms with Crippen LogP contribution in [0.2, 0.25) is 0 Å². The van der Waals surface area contributed by atoms with Crippen molar-refractivity contribution >= 4 is 0 Å². The van der Waals surface area contributed by atoms with Crippen molar-refractivity contribution in [3.05, 3.63) is 59.2 Å². The van der Waals surface area contributed by atoms with Crippen LogP contribution < -0.4 is 0 Å². The van der Waals surface area contributed by atoms with Gasteiger partial charge in [-0.2, -0.15) is 0 Å². The largest absolute Gasteiger partial charge is 0.384 e. The third-order valence-corrected chi connectivity index (χ3v) is 4.04. The van der Waals surface area contributed by atoms with E-state index in [-0.39, 0.29) is 0 Å². The van der Waals surface area contributed by atoms with Gasteiger partial charge in [0.05, 0.1) is 25.5 Å². The van der Waals surface area contributed by atoms with Gasteiger partial charge in [-0.25, -0.2) is 9.36 Å². The Kier molecular flexibility index (Phi) is 4.64. The number of aliphatic hydroxyl groups is 2. The highest BCUT2D eigenvalue weighted by Gasteiger charge is 2.21. The molecule has 0 radical (unpaired) electrons. The van der Waals surface area contributed by atoms with Gasteiger partial charge in [0.25, 0.3) is 0 Å². The van der Waals surface area contributed by atoms with E-state index in [4.69, 9.17) is 0 Å². The van der Waals surface area contributed by atoms with Crippen molar-refractivity contribution in [1.82, 2.24) is 30.0 Å². The molecule has 0 bridgehead atoms. The Morgan fingerprint density at radius 3 is 1.35 bits per heavy atom. The summed E-state index contributed by atoms with van der Waals surface area (Å²) in [4.78, 5) is 0. The van der Waals surface area contributed by atoms with Crippen LogP contribution in [0.5, 0.6) is 0 Å². The maximum Gasteiger partial charge on any atom is 0.114 e. The number of hydrogen-bond acceptors (Lipinski definition) is 6. The molecule has 138 valence electrons. The smallest absolute Gasteiger partial charge is 0.114 e. The molecule has 2 N–H and O–H groups in total.